The van der Waals surface area contributed by atoms with Crippen LogP contribution in [0.4, 0.5) is 4.79 Å². The van der Waals surface area contributed by atoms with E-state index < -0.39 is 0 Å². The number of nitrogens with one attached hydrogen (secondary N) is 1. The van der Waals surface area contributed by atoms with Crippen molar-refractivity contribution in [2.75, 3.05) is 19.6 Å². The summed E-state index contributed by atoms with van der Waals surface area (Å²) >= 11 is 0. The summed E-state index contributed by atoms with van der Waals surface area (Å²) in [5.41, 5.74) is 8.47. The van der Waals surface area contributed by atoms with Crippen LogP contribution in [0, 0.1) is 0 Å². The molecule has 1 aromatic rings. The van der Waals surface area contributed by atoms with Crippen LogP contribution in [0.15, 0.2) is 24.3 Å². The molecule has 0 heterocycles. The molecule has 4 nitrogen and oxygen atoms in total. The minimum Gasteiger partial charge on any atom is -0.336 e. The molecule has 4 heteroatoms. The van der Waals surface area contributed by atoms with Gasteiger partial charge in [-0.15, -0.1) is 0 Å². The average molecular weight is 277 g/mol. The quantitative estimate of drug-likeness (QED) is 0.840. The molecule has 0 fully saturated rings. The van der Waals surface area contributed by atoms with Crippen LogP contribution in [-0.2, 0) is 0 Å². The third kappa shape index (κ3) is 4.53. The normalized spacial score (nSPS) is 12.3. The summed E-state index contributed by atoms with van der Waals surface area (Å²) in [7, 11) is 0. The van der Waals surface area contributed by atoms with Crippen molar-refractivity contribution in [3.05, 3.63) is 35.4 Å². The van der Waals surface area contributed by atoms with Crippen LogP contribution >= 0.6 is 0 Å². The van der Waals surface area contributed by atoms with Gasteiger partial charge in [0.25, 0.3) is 0 Å². The smallest absolute Gasteiger partial charge is 0.317 e. The predicted molar refractivity (Wildman–Crippen MR) is 83.8 cm³/mol. The minimum atomic E-state index is -0.171. The van der Waals surface area contributed by atoms with Gasteiger partial charge in [0.15, 0.2) is 0 Å². The summed E-state index contributed by atoms with van der Waals surface area (Å²) < 4.78 is 0. The summed E-state index contributed by atoms with van der Waals surface area (Å²) in [5.74, 6) is 0.516. The highest BCUT2D eigenvalue weighted by molar-refractivity contribution is 5.74. The Bertz CT molecular complexity index is 410. The number of nitrogens with zero attached hydrogens (tertiary/aromatic N) is 1. The van der Waals surface area contributed by atoms with Crippen LogP contribution in [0.1, 0.15) is 50.8 Å². The maximum Gasteiger partial charge on any atom is 0.317 e. The number of amides is 2. The van der Waals surface area contributed by atoms with E-state index in [-0.39, 0.29) is 12.1 Å². The highest BCUT2D eigenvalue weighted by Crippen LogP contribution is 2.17. The molecule has 1 atom stereocenters. The van der Waals surface area contributed by atoms with Crippen molar-refractivity contribution in [3.63, 3.8) is 0 Å². The third-order valence-electron chi connectivity index (χ3n) is 3.56. The van der Waals surface area contributed by atoms with Crippen molar-refractivity contribution < 1.29 is 4.79 Å². The van der Waals surface area contributed by atoms with Gasteiger partial charge in [-0.3, -0.25) is 0 Å². The van der Waals surface area contributed by atoms with E-state index in [0.29, 0.717) is 25.6 Å². The summed E-state index contributed by atoms with van der Waals surface area (Å²) in [4.78, 5) is 13.6. The Morgan fingerprint density at radius 3 is 2.10 bits per heavy atom. The molecule has 0 spiro atoms. The van der Waals surface area contributed by atoms with E-state index in [2.05, 4.69) is 31.3 Å². The van der Waals surface area contributed by atoms with Crippen LogP contribution < -0.4 is 11.1 Å². The van der Waals surface area contributed by atoms with Gasteiger partial charge in [0.1, 0.15) is 0 Å². The maximum absolute atomic E-state index is 11.8. The second kappa shape index (κ2) is 7.90. The first-order valence-electron chi connectivity index (χ1n) is 7.37. The van der Waals surface area contributed by atoms with Gasteiger partial charge in [-0.05, 0) is 30.9 Å². The Kier molecular flexibility index (Phi) is 6.52. The molecule has 0 aromatic heterocycles. The lowest BCUT2D eigenvalue weighted by Gasteiger charge is -2.21. The lowest BCUT2D eigenvalue weighted by atomic mass is 9.99. The van der Waals surface area contributed by atoms with Crippen molar-refractivity contribution in [1.82, 2.24) is 10.2 Å². The molecule has 0 aliphatic rings. The molecule has 0 unspecified atom stereocenters. The van der Waals surface area contributed by atoms with E-state index in [1.807, 2.05) is 26.0 Å². The van der Waals surface area contributed by atoms with E-state index in [1.165, 1.54) is 5.56 Å². The Morgan fingerprint density at radius 1 is 1.15 bits per heavy atom. The lowest BCUT2D eigenvalue weighted by Crippen LogP contribution is -2.42. The van der Waals surface area contributed by atoms with Gasteiger partial charge in [0.05, 0.1) is 0 Å². The number of urea groups is 1. The van der Waals surface area contributed by atoms with E-state index in [9.17, 15) is 4.79 Å². The fraction of sp³-hybridized carbons (Fsp3) is 0.562. The lowest BCUT2D eigenvalue weighted by molar-refractivity contribution is 0.202. The standard InChI is InChI=1S/C16H27N3O/c1-5-19(6-2)16(20)18-11-15(17)14-9-7-13(8-10-14)12(3)4/h7-10,12,15H,5-6,11,17H2,1-4H3,(H,18,20)/t15-/m0/s1. The first-order valence-corrected chi connectivity index (χ1v) is 7.37. The van der Waals surface area contributed by atoms with Gasteiger partial charge in [0, 0.05) is 25.7 Å². The molecule has 3 N–H and O–H groups in total. The fourth-order valence-electron chi connectivity index (χ4n) is 2.07. The summed E-state index contributed by atoms with van der Waals surface area (Å²) in [5, 5.41) is 2.88. The first kappa shape index (κ1) is 16.5. The summed E-state index contributed by atoms with van der Waals surface area (Å²) in [6.45, 7) is 10.1. The van der Waals surface area contributed by atoms with Crippen molar-refractivity contribution in [3.8, 4) is 0 Å². The van der Waals surface area contributed by atoms with E-state index in [4.69, 9.17) is 5.73 Å². The predicted octanol–water partition coefficient (Wildman–Crippen LogP) is 2.86. The molecular weight excluding hydrogens is 250 g/mol. The monoisotopic (exact) mass is 277 g/mol. The number of carbonyl (C=O) groups excluding carboxylic acids is 1. The Hall–Kier alpha value is -1.55. The number of carbonyl (C=O) groups is 1. The number of rotatable bonds is 6. The molecule has 20 heavy (non-hydrogen) atoms. The van der Waals surface area contributed by atoms with Crippen molar-refractivity contribution in [2.24, 2.45) is 5.73 Å². The molecule has 0 aliphatic heterocycles. The van der Waals surface area contributed by atoms with Crippen molar-refractivity contribution in [1.29, 1.82) is 0 Å². The van der Waals surface area contributed by atoms with E-state index >= 15 is 0 Å². The highest BCUT2D eigenvalue weighted by Gasteiger charge is 2.12. The molecule has 1 rings (SSSR count). The molecule has 2 amide bonds. The maximum atomic E-state index is 11.8. The molecule has 0 saturated carbocycles. The topological polar surface area (TPSA) is 58.4 Å². The van der Waals surface area contributed by atoms with Gasteiger partial charge in [-0.1, -0.05) is 38.1 Å². The Morgan fingerprint density at radius 2 is 1.65 bits per heavy atom. The number of nitrogens with two attached hydrogens (primary N) is 1. The minimum absolute atomic E-state index is 0.0516. The highest BCUT2D eigenvalue weighted by atomic mass is 16.2. The number of hydrogen-bond donors (Lipinski definition) is 2. The van der Waals surface area contributed by atoms with E-state index in [1.54, 1.807) is 4.90 Å². The third-order valence-corrected chi connectivity index (χ3v) is 3.56. The molecular formula is C16H27N3O. The van der Waals surface area contributed by atoms with E-state index in [0.717, 1.165) is 5.56 Å². The second-order valence-electron chi connectivity index (χ2n) is 5.29. The summed E-state index contributed by atoms with van der Waals surface area (Å²) in [6, 6.07) is 8.07. The zero-order valence-corrected chi connectivity index (χ0v) is 13.0. The second-order valence-corrected chi connectivity index (χ2v) is 5.29. The van der Waals surface area contributed by atoms with Crippen LogP contribution in [0.5, 0.6) is 0 Å². The largest absolute Gasteiger partial charge is 0.336 e. The Labute approximate surface area is 122 Å². The SMILES string of the molecule is CCN(CC)C(=O)NC[C@H](N)c1ccc(C(C)C)cc1. The van der Waals surface area contributed by atoms with Gasteiger partial charge < -0.3 is 16.0 Å². The van der Waals surface area contributed by atoms with Gasteiger partial charge in [-0.2, -0.15) is 0 Å². The number of hydrogen-bond acceptors (Lipinski definition) is 2. The summed E-state index contributed by atoms with van der Waals surface area (Å²) in [6.07, 6.45) is 0. The fourth-order valence-corrected chi connectivity index (χ4v) is 2.07. The molecule has 112 valence electrons. The number of benzene rings is 1. The van der Waals surface area contributed by atoms with Crippen LogP contribution in [-0.4, -0.2) is 30.6 Å². The van der Waals surface area contributed by atoms with Crippen LogP contribution in [0.25, 0.3) is 0 Å². The van der Waals surface area contributed by atoms with Crippen molar-refractivity contribution >= 4 is 6.03 Å². The zero-order valence-electron chi connectivity index (χ0n) is 13.0. The molecule has 0 saturated heterocycles. The molecule has 1 aromatic carbocycles. The first-order chi connectivity index (χ1) is 9.49. The zero-order chi connectivity index (χ0) is 15.1. The van der Waals surface area contributed by atoms with Gasteiger partial charge >= 0.3 is 6.03 Å². The van der Waals surface area contributed by atoms with Crippen LogP contribution in [0.3, 0.4) is 0 Å². The molecule has 0 aliphatic carbocycles. The van der Waals surface area contributed by atoms with Crippen LogP contribution in [0.2, 0.25) is 0 Å². The van der Waals surface area contributed by atoms with Crippen molar-refractivity contribution in [2.45, 2.75) is 39.7 Å². The van der Waals surface area contributed by atoms with Gasteiger partial charge in [0.2, 0.25) is 0 Å². The van der Waals surface area contributed by atoms with Gasteiger partial charge in [-0.25, -0.2) is 4.79 Å². The molecule has 0 bridgehead atoms. The molecule has 0 radical (unpaired) electrons. The Balaban J connectivity index is 2.54. The average Bonchev–Trinajstić information content (AvgIpc) is 2.46.